The number of carbonyl (C=O) groups excluding carboxylic acids is 1. The van der Waals surface area contributed by atoms with Crippen LogP contribution in [0.2, 0.25) is 0 Å². The lowest BCUT2D eigenvalue weighted by Gasteiger charge is -2.06. The molecule has 2 aromatic heterocycles. The first-order valence-corrected chi connectivity index (χ1v) is 10.5. The van der Waals surface area contributed by atoms with Gasteiger partial charge in [0.25, 0.3) is 5.89 Å². The highest BCUT2D eigenvalue weighted by molar-refractivity contribution is 5.91. The summed E-state index contributed by atoms with van der Waals surface area (Å²) in [5, 5.41) is 8.33. The van der Waals surface area contributed by atoms with Crippen LogP contribution in [0.5, 0.6) is 11.5 Å². The van der Waals surface area contributed by atoms with Crippen molar-refractivity contribution in [1.29, 1.82) is 0 Å². The maximum Gasteiger partial charge on any atom is 0.364 e. The number of aryl methyl sites for hydroxylation is 2. The van der Waals surface area contributed by atoms with Crippen molar-refractivity contribution in [3.8, 4) is 17.2 Å². The second kappa shape index (κ2) is 8.30. The maximum atomic E-state index is 12.9. The number of ether oxygens (including phenoxy) is 2. The van der Waals surface area contributed by atoms with Crippen molar-refractivity contribution in [2.45, 2.75) is 39.7 Å². The number of fused-ring (bicyclic) bond motifs is 1. The predicted molar refractivity (Wildman–Crippen MR) is 115 cm³/mol. The number of carbonyl (C=O) groups is 1. The fourth-order valence-corrected chi connectivity index (χ4v) is 3.80. The molecule has 4 aromatic rings. The highest BCUT2D eigenvalue weighted by atomic mass is 16.5. The molecule has 8 heteroatoms. The molecule has 1 aliphatic carbocycles. The Balaban J connectivity index is 1.30. The monoisotopic (exact) mass is 430 g/mol. The number of hydrogen-bond donors (Lipinski definition) is 0. The Hall–Kier alpha value is -3.94. The van der Waals surface area contributed by atoms with Crippen molar-refractivity contribution < 1.29 is 18.8 Å². The summed E-state index contributed by atoms with van der Waals surface area (Å²) in [6.07, 6.45) is 2.73. The summed E-state index contributed by atoms with van der Waals surface area (Å²) in [6.45, 7) is 3.96. The normalized spacial score (nSPS) is 12.6. The van der Waals surface area contributed by atoms with Crippen LogP contribution in [0.4, 0.5) is 0 Å². The van der Waals surface area contributed by atoms with Gasteiger partial charge in [-0.25, -0.2) is 9.48 Å². The molecule has 0 aliphatic heterocycles. The molecule has 0 atom stereocenters. The Bertz CT molecular complexity index is 1260. The van der Waals surface area contributed by atoms with Crippen LogP contribution in [0.25, 0.3) is 5.69 Å². The SMILES string of the molecule is Cc1ccc(-n2nc(C(=O)Oc3ccc(OCc4nc(C)no4)cc3)c3c2CCC3)cc1. The van der Waals surface area contributed by atoms with E-state index < -0.39 is 5.97 Å². The lowest BCUT2D eigenvalue weighted by atomic mass is 10.2. The minimum absolute atomic E-state index is 0.169. The molecule has 0 bridgehead atoms. The van der Waals surface area contributed by atoms with E-state index >= 15 is 0 Å². The summed E-state index contributed by atoms with van der Waals surface area (Å²) in [6, 6.07) is 14.9. The van der Waals surface area contributed by atoms with E-state index in [-0.39, 0.29) is 6.61 Å². The molecule has 0 saturated heterocycles. The number of hydrogen-bond acceptors (Lipinski definition) is 7. The van der Waals surface area contributed by atoms with E-state index in [9.17, 15) is 4.79 Å². The average Bonchev–Trinajstić information content (AvgIpc) is 3.51. The van der Waals surface area contributed by atoms with Gasteiger partial charge in [0.05, 0.1) is 5.69 Å². The van der Waals surface area contributed by atoms with Gasteiger partial charge in [-0.05, 0) is 69.5 Å². The van der Waals surface area contributed by atoms with Crippen molar-refractivity contribution in [2.24, 2.45) is 0 Å². The summed E-state index contributed by atoms with van der Waals surface area (Å²) in [5.41, 5.74) is 4.57. The molecule has 0 radical (unpaired) electrons. The van der Waals surface area contributed by atoms with Gasteiger partial charge in [0, 0.05) is 11.3 Å². The maximum absolute atomic E-state index is 12.9. The zero-order chi connectivity index (χ0) is 22.1. The van der Waals surface area contributed by atoms with Crippen molar-refractivity contribution in [3.63, 3.8) is 0 Å². The third kappa shape index (κ3) is 3.99. The molecule has 2 heterocycles. The second-order valence-electron chi connectivity index (χ2n) is 7.76. The van der Waals surface area contributed by atoms with E-state index in [2.05, 4.69) is 15.2 Å². The van der Waals surface area contributed by atoms with Crippen molar-refractivity contribution in [1.82, 2.24) is 19.9 Å². The molecule has 0 unspecified atom stereocenters. The summed E-state index contributed by atoms with van der Waals surface area (Å²) < 4.78 is 18.1. The molecular formula is C24H22N4O4. The van der Waals surface area contributed by atoms with Gasteiger partial charge >= 0.3 is 5.97 Å². The Morgan fingerprint density at radius 3 is 2.50 bits per heavy atom. The van der Waals surface area contributed by atoms with Crippen LogP contribution in [-0.2, 0) is 19.4 Å². The van der Waals surface area contributed by atoms with Crippen LogP contribution in [0.3, 0.4) is 0 Å². The summed E-state index contributed by atoms with van der Waals surface area (Å²) in [7, 11) is 0. The Kier molecular flexibility index (Phi) is 5.18. The number of aromatic nitrogens is 4. The zero-order valence-corrected chi connectivity index (χ0v) is 17.9. The topological polar surface area (TPSA) is 92.3 Å². The van der Waals surface area contributed by atoms with Gasteiger partial charge in [0.2, 0.25) is 0 Å². The molecule has 0 amide bonds. The summed E-state index contributed by atoms with van der Waals surface area (Å²) >= 11 is 0. The van der Waals surface area contributed by atoms with Crippen LogP contribution >= 0.6 is 0 Å². The molecule has 2 aromatic carbocycles. The minimum Gasteiger partial charge on any atom is -0.484 e. The smallest absolute Gasteiger partial charge is 0.364 e. The quantitative estimate of drug-likeness (QED) is 0.335. The van der Waals surface area contributed by atoms with E-state index in [1.807, 2.05) is 35.9 Å². The van der Waals surface area contributed by atoms with Crippen molar-refractivity contribution >= 4 is 5.97 Å². The lowest BCUT2D eigenvalue weighted by molar-refractivity contribution is 0.0727. The number of benzene rings is 2. The van der Waals surface area contributed by atoms with Gasteiger partial charge in [-0.15, -0.1) is 0 Å². The van der Waals surface area contributed by atoms with E-state index in [1.54, 1.807) is 31.2 Å². The summed E-state index contributed by atoms with van der Waals surface area (Å²) in [4.78, 5) is 17.0. The third-order valence-electron chi connectivity index (χ3n) is 5.37. The predicted octanol–water partition coefficient (Wildman–Crippen LogP) is 4.16. The van der Waals surface area contributed by atoms with Crippen LogP contribution in [-0.4, -0.2) is 25.9 Å². The number of nitrogens with zero attached hydrogens (tertiary/aromatic N) is 4. The fourth-order valence-electron chi connectivity index (χ4n) is 3.80. The van der Waals surface area contributed by atoms with E-state index in [0.29, 0.717) is 28.9 Å². The molecule has 5 rings (SSSR count). The highest BCUT2D eigenvalue weighted by Crippen LogP contribution is 2.29. The molecule has 0 saturated carbocycles. The molecule has 0 N–H and O–H groups in total. The Labute approximate surface area is 184 Å². The fraction of sp³-hybridized carbons (Fsp3) is 0.250. The first kappa shape index (κ1) is 20.0. The average molecular weight is 430 g/mol. The molecule has 8 nitrogen and oxygen atoms in total. The molecular weight excluding hydrogens is 408 g/mol. The zero-order valence-electron chi connectivity index (χ0n) is 17.9. The van der Waals surface area contributed by atoms with Crippen molar-refractivity contribution in [2.75, 3.05) is 0 Å². The minimum atomic E-state index is -0.455. The number of rotatable bonds is 6. The van der Waals surface area contributed by atoms with E-state index in [1.165, 1.54) is 5.56 Å². The van der Waals surface area contributed by atoms with E-state index in [0.717, 1.165) is 36.2 Å². The largest absolute Gasteiger partial charge is 0.484 e. The molecule has 1 aliphatic rings. The molecule has 162 valence electrons. The standard InChI is InChI=1S/C24H22N4O4/c1-15-6-8-17(9-7-15)28-21-5-3-4-20(21)23(26-28)24(29)31-19-12-10-18(11-13-19)30-14-22-25-16(2)27-32-22/h6-13H,3-5,14H2,1-2H3. The highest BCUT2D eigenvalue weighted by Gasteiger charge is 2.28. The lowest BCUT2D eigenvalue weighted by Crippen LogP contribution is -2.12. The van der Waals surface area contributed by atoms with Crippen LogP contribution < -0.4 is 9.47 Å². The first-order chi connectivity index (χ1) is 15.6. The van der Waals surface area contributed by atoms with Gasteiger partial charge in [0.15, 0.2) is 18.1 Å². The third-order valence-corrected chi connectivity index (χ3v) is 5.37. The van der Waals surface area contributed by atoms with Gasteiger partial charge in [-0.1, -0.05) is 22.9 Å². The second-order valence-corrected chi connectivity index (χ2v) is 7.76. The van der Waals surface area contributed by atoms with Crippen LogP contribution in [0, 0.1) is 13.8 Å². The molecule has 0 spiro atoms. The van der Waals surface area contributed by atoms with Crippen LogP contribution in [0.15, 0.2) is 53.1 Å². The molecule has 32 heavy (non-hydrogen) atoms. The van der Waals surface area contributed by atoms with Gasteiger partial charge in [-0.2, -0.15) is 10.1 Å². The van der Waals surface area contributed by atoms with Crippen LogP contribution in [0.1, 0.15) is 45.4 Å². The van der Waals surface area contributed by atoms with Gasteiger partial charge in [0.1, 0.15) is 11.5 Å². The van der Waals surface area contributed by atoms with E-state index in [4.69, 9.17) is 14.0 Å². The van der Waals surface area contributed by atoms with Crippen molar-refractivity contribution in [3.05, 3.63) is 82.8 Å². The number of esters is 1. The van der Waals surface area contributed by atoms with Gasteiger partial charge in [-0.3, -0.25) is 0 Å². The first-order valence-electron chi connectivity index (χ1n) is 10.5. The summed E-state index contributed by atoms with van der Waals surface area (Å²) in [5.74, 6) is 1.53. The van der Waals surface area contributed by atoms with Gasteiger partial charge < -0.3 is 14.0 Å². The Morgan fingerprint density at radius 1 is 1.03 bits per heavy atom. The molecule has 0 fully saturated rings. The Morgan fingerprint density at radius 2 is 1.78 bits per heavy atom.